The summed E-state index contributed by atoms with van der Waals surface area (Å²) in [6.45, 7) is 7.88. The maximum Gasteiger partial charge on any atom is 0.0701 e. The third kappa shape index (κ3) is 5.34. The van der Waals surface area contributed by atoms with E-state index in [0.717, 1.165) is 19.5 Å². The molecule has 2 rings (SSSR count). The van der Waals surface area contributed by atoms with Crippen molar-refractivity contribution in [2.75, 3.05) is 7.11 Å². The Hall–Kier alpha value is -1.90. The lowest BCUT2D eigenvalue weighted by Crippen LogP contribution is -2.42. The molecule has 122 valence electrons. The average Bonchev–Trinajstić information content (AvgIpc) is 2.60. The van der Waals surface area contributed by atoms with Crippen LogP contribution in [0, 0.1) is 0 Å². The molecule has 0 N–H and O–H groups in total. The standard InChI is InChI=1S/C21H27NO/c1-4-11-21(18(2)23-3)22(16-19-12-7-5-8-13-19)17-20-14-9-6-10-15-20/h4-10,12-15,18,21H,1,11,16-17H2,2-3H3. The van der Waals surface area contributed by atoms with E-state index >= 15 is 0 Å². The van der Waals surface area contributed by atoms with Gasteiger partial charge in [-0.2, -0.15) is 0 Å². The molecule has 2 aromatic carbocycles. The zero-order chi connectivity index (χ0) is 16.5. The topological polar surface area (TPSA) is 12.5 Å². The number of methoxy groups -OCH3 is 1. The first-order valence-electron chi connectivity index (χ1n) is 8.20. The highest BCUT2D eigenvalue weighted by atomic mass is 16.5. The molecule has 2 aromatic rings. The number of ether oxygens (including phenoxy) is 1. The summed E-state index contributed by atoms with van der Waals surface area (Å²) in [5, 5.41) is 0. The predicted molar refractivity (Wildman–Crippen MR) is 97.2 cm³/mol. The maximum absolute atomic E-state index is 5.63. The van der Waals surface area contributed by atoms with Crippen molar-refractivity contribution in [1.82, 2.24) is 4.90 Å². The van der Waals surface area contributed by atoms with E-state index < -0.39 is 0 Å². The Balaban J connectivity index is 2.23. The Morgan fingerprint density at radius 2 is 1.43 bits per heavy atom. The molecule has 0 saturated heterocycles. The summed E-state index contributed by atoms with van der Waals surface area (Å²) in [6, 6.07) is 21.5. The van der Waals surface area contributed by atoms with Crippen LogP contribution >= 0.6 is 0 Å². The highest BCUT2D eigenvalue weighted by molar-refractivity contribution is 5.17. The molecular formula is C21H27NO. The lowest BCUT2D eigenvalue weighted by molar-refractivity contribution is 0.0189. The average molecular weight is 309 g/mol. The lowest BCUT2D eigenvalue weighted by atomic mass is 10.0. The van der Waals surface area contributed by atoms with E-state index in [-0.39, 0.29) is 6.10 Å². The minimum Gasteiger partial charge on any atom is -0.380 e. The van der Waals surface area contributed by atoms with Gasteiger partial charge in [0.15, 0.2) is 0 Å². The van der Waals surface area contributed by atoms with Crippen LogP contribution in [0.1, 0.15) is 24.5 Å². The summed E-state index contributed by atoms with van der Waals surface area (Å²) < 4.78 is 5.63. The number of benzene rings is 2. The Kier molecular flexibility index (Phi) is 7.05. The Bertz CT molecular complexity index is 525. The molecule has 0 aliphatic heterocycles. The number of nitrogens with zero attached hydrogens (tertiary/aromatic N) is 1. The zero-order valence-corrected chi connectivity index (χ0v) is 14.2. The minimum atomic E-state index is 0.153. The second-order valence-corrected chi connectivity index (χ2v) is 5.91. The minimum absolute atomic E-state index is 0.153. The number of hydrogen-bond acceptors (Lipinski definition) is 2. The summed E-state index contributed by atoms with van der Waals surface area (Å²) in [7, 11) is 1.78. The third-order valence-corrected chi connectivity index (χ3v) is 4.25. The summed E-state index contributed by atoms with van der Waals surface area (Å²) >= 11 is 0. The molecule has 0 radical (unpaired) electrons. The summed E-state index contributed by atoms with van der Waals surface area (Å²) in [6.07, 6.45) is 3.05. The molecule has 0 aromatic heterocycles. The van der Waals surface area contributed by atoms with Crippen LogP contribution in [0.5, 0.6) is 0 Å². The molecule has 23 heavy (non-hydrogen) atoms. The van der Waals surface area contributed by atoms with Crippen LogP contribution < -0.4 is 0 Å². The Morgan fingerprint density at radius 3 is 1.83 bits per heavy atom. The van der Waals surface area contributed by atoms with Crippen molar-refractivity contribution < 1.29 is 4.74 Å². The lowest BCUT2D eigenvalue weighted by Gasteiger charge is -2.35. The second kappa shape index (κ2) is 9.29. The molecule has 0 aliphatic carbocycles. The van der Waals surface area contributed by atoms with Crippen molar-refractivity contribution in [3.05, 3.63) is 84.4 Å². The summed E-state index contributed by atoms with van der Waals surface area (Å²) in [4.78, 5) is 2.49. The fourth-order valence-corrected chi connectivity index (χ4v) is 2.89. The normalized spacial score (nSPS) is 13.7. The number of rotatable bonds is 9. The van der Waals surface area contributed by atoms with E-state index in [1.54, 1.807) is 7.11 Å². The highest BCUT2D eigenvalue weighted by Crippen LogP contribution is 2.19. The molecule has 2 heteroatoms. The van der Waals surface area contributed by atoms with Crippen molar-refractivity contribution in [1.29, 1.82) is 0 Å². The van der Waals surface area contributed by atoms with E-state index in [1.807, 2.05) is 6.08 Å². The monoisotopic (exact) mass is 309 g/mol. The van der Waals surface area contributed by atoms with Crippen molar-refractivity contribution in [2.45, 2.75) is 38.6 Å². The largest absolute Gasteiger partial charge is 0.380 e. The SMILES string of the molecule is C=CCC(C(C)OC)N(Cc1ccccc1)Cc1ccccc1. The van der Waals surface area contributed by atoms with Crippen LogP contribution in [-0.4, -0.2) is 24.2 Å². The van der Waals surface area contributed by atoms with Crippen molar-refractivity contribution in [3.8, 4) is 0 Å². The van der Waals surface area contributed by atoms with E-state index in [4.69, 9.17) is 4.74 Å². The molecule has 2 unspecified atom stereocenters. The summed E-state index contributed by atoms with van der Waals surface area (Å²) in [5.41, 5.74) is 2.64. The molecule has 0 bridgehead atoms. The Labute approximate surface area is 140 Å². The summed E-state index contributed by atoms with van der Waals surface area (Å²) in [5.74, 6) is 0. The fraction of sp³-hybridized carbons (Fsp3) is 0.333. The third-order valence-electron chi connectivity index (χ3n) is 4.25. The molecule has 2 nitrogen and oxygen atoms in total. The van der Waals surface area contributed by atoms with Crippen LogP contribution in [0.4, 0.5) is 0 Å². The van der Waals surface area contributed by atoms with Crippen LogP contribution in [0.3, 0.4) is 0 Å². The number of hydrogen-bond donors (Lipinski definition) is 0. The first-order chi connectivity index (χ1) is 11.2. The molecule has 0 saturated carbocycles. The maximum atomic E-state index is 5.63. The first-order valence-corrected chi connectivity index (χ1v) is 8.20. The molecular weight excluding hydrogens is 282 g/mol. The van der Waals surface area contributed by atoms with Gasteiger partial charge in [0.05, 0.1) is 6.10 Å². The van der Waals surface area contributed by atoms with Gasteiger partial charge in [0, 0.05) is 26.2 Å². The van der Waals surface area contributed by atoms with Gasteiger partial charge in [0.1, 0.15) is 0 Å². The molecule has 0 spiro atoms. The van der Waals surface area contributed by atoms with E-state index in [0.29, 0.717) is 6.04 Å². The molecule has 2 atom stereocenters. The van der Waals surface area contributed by atoms with Gasteiger partial charge in [-0.05, 0) is 24.5 Å². The van der Waals surface area contributed by atoms with E-state index in [1.165, 1.54) is 11.1 Å². The van der Waals surface area contributed by atoms with Gasteiger partial charge in [-0.3, -0.25) is 4.90 Å². The quantitative estimate of drug-likeness (QED) is 0.624. The smallest absolute Gasteiger partial charge is 0.0701 e. The predicted octanol–water partition coefficient (Wildman–Crippen LogP) is 4.67. The molecule has 0 amide bonds. The zero-order valence-electron chi connectivity index (χ0n) is 14.2. The molecule has 0 aliphatic rings. The Morgan fingerprint density at radius 1 is 0.957 bits per heavy atom. The first kappa shape index (κ1) is 17.5. The van der Waals surface area contributed by atoms with Crippen molar-refractivity contribution >= 4 is 0 Å². The van der Waals surface area contributed by atoms with Crippen molar-refractivity contribution in [2.24, 2.45) is 0 Å². The van der Waals surface area contributed by atoms with Gasteiger partial charge >= 0.3 is 0 Å². The van der Waals surface area contributed by atoms with Gasteiger partial charge in [0.2, 0.25) is 0 Å². The van der Waals surface area contributed by atoms with Gasteiger partial charge < -0.3 is 4.74 Å². The van der Waals surface area contributed by atoms with E-state index in [2.05, 4.69) is 79.1 Å². The van der Waals surface area contributed by atoms with Crippen LogP contribution in [-0.2, 0) is 17.8 Å². The van der Waals surface area contributed by atoms with E-state index in [9.17, 15) is 0 Å². The highest BCUT2D eigenvalue weighted by Gasteiger charge is 2.23. The van der Waals surface area contributed by atoms with Crippen molar-refractivity contribution in [3.63, 3.8) is 0 Å². The van der Waals surface area contributed by atoms with Crippen LogP contribution in [0.15, 0.2) is 73.3 Å². The fourth-order valence-electron chi connectivity index (χ4n) is 2.89. The molecule has 0 fully saturated rings. The van der Waals surface area contributed by atoms with Crippen LogP contribution in [0.2, 0.25) is 0 Å². The molecule has 0 heterocycles. The van der Waals surface area contributed by atoms with Gasteiger partial charge in [-0.25, -0.2) is 0 Å². The van der Waals surface area contributed by atoms with Crippen LogP contribution in [0.25, 0.3) is 0 Å². The second-order valence-electron chi connectivity index (χ2n) is 5.91. The van der Waals surface area contributed by atoms with Gasteiger partial charge in [-0.1, -0.05) is 66.7 Å². The van der Waals surface area contributed by atoms with Gasteiger partial charge in [-0.15, -0.1) is 6.58 Å². The van der Waals surface area contributed by atoms with Gasteiger partial charge in [0.25, 0.3) is 0 Å².